The standard InChI is InChI=1S/C18H20ClNO4/c1-3-23-16-8-5-12(9-17(16)24-4-2)11-20-15-10-13(18(21)22)6-7-14(15)19/h5-10,20H,3-4,11H2,1-2H3,(H,21,22). The van der Waals surface area contributed by atoms with E-state index in [0.29, 0.717) is 42.0 Å². The lowest BCUT2D eigenvalue weighted by Crippen LogP contribution is -2.04. The molecule has 0 spiro atoms. The summed E-state index contributed by atoms with van der Waals surface area (Å²) in [5.41, 5.74) is 1.73. The lowest BCUT2D eigenvalue weighted by molar-refractivity contribution is 0.0697. The maximum atomic E-state index is 11.1. The smallest absolute Gasteiger partial charge is 0.335 e. The quantitative estimate of drug-likeness (QED) is 0.737. The molecule has 24 heavy (non-hydrogen) atoms. The Morgan fingerprint density at radius 1 is 1.08 bits per heavy atom. The summed E-state index contributed by atoms with van der Waals surface area (Å²) in [7, 11) is 0. The molecule has 0 atom stereocenters. The predicted molar refractivity (Wildman–Crippen MR) is 94.5 cm³/mol. The van der Waals surface area contributed by atoms with Gasteiger partial charge in [0.25, 0.3) is 0 Å². The van der Waals surface area contributed by atoms with Gasteiger partial charge in [-0.2, -0.15) is 0 Å². The first-order chi connectivity index (χ1) is 11.5. The van der Waals surface area contributed by atoms with Crippen molar-refractivity contribution in [3.8, 4) is 11.5 Å². The third kappa shape index (κ3) is 4.55. The van der Waals surface area contributed by atoms with Gasteiger partial charge in [0, 0.05) is 6.54 Å². The summed E-state index contributed by atoms with van der Waals surface area (Å²) in [6.07, 6.45) is 0. The lowest BCUT2D eigenvalue weighted by Gasteiger charge is -2.14. The first-order valence-electron chi connectivity index (χ1n) is 7.70. The van der Waals surface area contributed by atoms with Crippen LogP contribution in [-0.2, 0) is 6.54 Å². The van der Waals surface area contributed by atoms with Crippen molar-refractivity contribution in [3.63, 3.8) is 0 Å². The Morgan fingerprint density at radius 3 is 2.46 bits per heavy atom. The number of rotatable bonds is 8. The molecule has 5 nitrogen and oxygen atoms in total. The first-order valence-corrected chi connectivity index (χ1v) is 8.08. The largest absolute Gasteiger partial charge is 0.490 e. The van der Waals surface area contributed by atoms with Gasteiger partial charge in [-0.3, -0.25) is 0 Å². The van der Waals surface area contributed by atoms with Crippen LogP contribution >= 0.6 is 11.6 Å². The third-order valence-corrected chi connectivity index (χ3v) is 3.63. The van der Waals surface area contributed by atoms with Gasteiger partial charge in [-0.25, -0.2) is 4.79 Å². The Hall–Kier alpha value is -2.40. The fourth-order valence-corrected chi connectivity index (χ4v) is 2.38. The van der Waals surface area contributed by atoms with Gasteiger partial charge in [0.05, 0.1) is 29.5 Å². The number of ether oxygens (including phenoxy) is 2. The van der Waals surface area contributed by atoms with E-state index in [1.165, 1.54) is 12.1 Å². The highest BCUT2D eigenvalue weighted by atomic mass is 35.5. The number of halogens is 1. The van der Waals surface area contributed by atoms with Crippen LogP contribution in [0.25, 0.3) is 0 Å². The van der Waals surface area contributed by atoms with Crippen LogP contribution in [0.4, 0.5) is 5.69 Å². The van der Waals surface area contributed by atoms with E-state index in [9.17, 15) is 4.79 Å². The number of carbonyl (C=O) groups is 1. The van der Waals surface area contributed by atoms with E-state index in [-0.39, 0.29) is 5.56 Å². The van der Waals surface area contributed by atoms with E-state index in [0.717, 1.165) is 5.56 Å². The van der Waals surface area contributed by atoms with Crippen LogP contribution in [0.5, 0.6) is 11.5 Å². The Bertz CT molecular complexity index is 718. The molecule has 0 aliphatic carbocycles. The maximum absolute atomic E-state index is 11.1. The SMILES string of the molecule is CCOc1ccc(CNc2cc(C(=O)O)ccc2Cl)cc1OCC. The molecule has 0 saturated heterocycles. The highest BCUT2D eigenvalue weighted by Crippen LogP contribution is 2.29. The van der Waals surface area contributed by atoms with Gasteiger partial charge < -0.3 is 19.9 Å². The fourth-order valence-electron chi connectivity index (χ4n) is 2.20. The summed E-state index contributed by atoms with van der Waals surface area (Å²) in [5.74, 6) is 0.396. The molecule has 0 heterocycles. The Kier molecular flexibility index (Phi) is 6.32. The van der Waals surface area contributed by atoms with Crippen LogP contribution in [0.3, 0.4) is 0 Å². The molecule has 0 saturated carbocycles. The molecular formula is C18H20ClNO4. The molecule has 2 rings (SSSR count). The van der Waals surface area contributed by atoms with Crippen molar-refractivity contribution in [1.29, 1.82) is 0 Å². The zero-order chi connectivity index (χ0) is 17.5. The number of nitrogens with one attached hydrogen (secondary N) is 1. The summed E-state index contributed by atoms with van der Waals surface area (Å²) in [6.45, 7) is 5.43. The number of benzene rings is 2. The van der Waals surface area contributed by atoms with Crippen LogP contribution in [0, 0.1) is 0 Å². The van der Waals surface area contributed by atoms with Gasteiger partial charge in [0.1, 0.15) is 0 Å². The minimum absolute atomic E-state index is 0.184. The Morgan fingerprint density at radius 2 is 1.79 bits per heavy atom. The van der Waals surface area contributed by atoms with Crippen LogP contribution in [-0.4, -0.2) is 24.3 Å². The minimum Gasteiger partial charge on any atom is -0.490 e. The normalized spacial score (nSPS) is 10.3. The number of hydrogen-bond donors (Lipinski definition) is 2. The average molecular weight is 350 g/mol. The predicted octanol–water partition coefficient (Wildman–Crippen LogP) is 4.45. The van der Waals surface area contributed by atoms with Crippen LogP contribution in [0.1, 0.15) is 29.8 Å². The molecule has 0 fully saturated rings. The van der Waals surface area contributed by atoms with Crippen molar-refractivity contribution >= 4 is 23.3 Å². The second kappa shape index (κ2) is 8.45. The lowest BCUT2D eigenvalue weighted by atomic mass is 10.1. The van der Waals surface area contributed by atoms with E-state index in [1.54, 1.807) is 6.07 Å². The van der Waals surface area contributed by atoms with Crippen molar-refractivity contribution in [3.05, 3.63) is 52.5 Å². The molecule has 2 N–H and O–H groups in total. The number of carboxylic acid groups (broad SMARTS) is 1. The maximum Gasteiger partial charge on any atom is 0.335 e. The van der Waals surface area contributed by atoms with Gasteiger partial charge in [-0.05, 0) is 49.7 Å². The fraction of sp³-hybridized carbons (Fsp3) is 0.278. The van der Waals surface area contributed by atoms with E-state index in [1.807, 2.05) is 32.0 Å². The highest BCUT2D eigenvalue weighted by Gasteiger charge is 2.09. The second-order valence-electron chi connectivity index (χ2n) is 5.00. The topological polar surface area (TPSA) is 67.8 Å². The van der Waals surface area contributed by atoms with Crippen LogP contribution < -0.4 is 14.8 Å². The molecule has 0 unspecified atom stereocenters. The Labute approximate surface area is 146 Å². The van der Waals surface area contributed by atoms with Crippen molar-refractivity contribution < 1.29 is 19.4 Å². The van der Waals surface area contributed by atoms with Gasteiger partial charge in [0.2, 0.25) is 0 Å². The molecule has 0 aliphatic heterocycles. The zero-order valence-electron chi connectivity index (χ0n) is 13.6. The van der Waals surface area contributed by atoms with Gasteiger partial charge in [-0.1, -0.05) is 17.7 Å². The average Bonchev–Trinajstić information content (AvgIpc) is 2.56. The van der Waals surface area contributed by atoms with Crippen molar-refractivity contribution in [2.75, 3.05) is 18.5 Å². The summed E-state index contributed by atoms with van der Waals surface area (Å²) in [6, 6.07) is 10.2. The van der Waals surface area contributed by atoms with Gasteiger partial charge in [-0.15, -0.1) is 0 Å². The monoisotopic (exact) mass is 349 g/mol. The van der Waals surface area contributed by atoms with Gasteiger partial charge >= 0.3 is 5.97 Å². The van der Waals surface area contributed by atoms with Crippen molar-refractivity contribution in [2.45, 2.75) is 20.4 Å². The molecule has 0 aromatic heterocycles. The Balaban J connectivity index is 2.15. The molecule has 6 heteroatoms. The van der Waals surface area contributed by atoms with E-state index in [2.05, 4.69) is 5.32 Å². The summed E-state index contributed by atoms with van der Waals surface area (Å²) in [4.78, 5) is 11.1. The first kappa shape index (κ1) is 17.9. The number of aromatic carboxylic acids is 1. The molecule has 0 bridgehead atoms. The summed E-state index contributed by atoms with van der Waals surface area (Å²) >= 11 is 6.11. The molecule has 0 radical (unpaired) electrons. The van der Waals surface area contributed by atoms with E-state index >= 15 is 0 Å². The number of anilines is 1. The molecule has 0 aliphatic rings. The van der Waals surface area contributed by atoms with Crippen LogP contribution in [0.2, 0.25) is 5.02 Å². The van der Waals surface area contributed by atoms with Crippen molar-refractivity contribution in [1.82, 2.24) is 0 Å². The second-order valence-corrected chi connectivity index (χ2v) is 5.41. The van der Waals surface area contributed by atoms with E-state index < -0.39 is 5.97 Å². The summed E-state index contributed by atoms with van der Waals surface area (Å²) in [5, 5.41) is 12.7. The molecule has 128 valence electrons. The van der Waals surface area contributed by atoms with Crippen LogP contribution in [0.15, 0.2) is 36.4 Å². The molecule has 2 aromatic rings. The third-order valence-electron chi connectivity index (χ3n) is 3.30. The highest BCUT2D eigenvalue weighted by molar-refractivity contribution is 6.33. The number of carboxylic acids is 1. The van der Waals surface area contributed by atoms with Gasteiger partial charge in [0.15, 0.2) is 11.5 Å². The summed E-state index contributed by atoms with van der Waals surface area (Å²) < 4.78 is 11.1. The zero-order valence-corrected chi connectivity index (χ0v) is 14.4. The van der Waals surface area contributed by atoms with E-state index in [4.69, 9.17) is 26.2 Å². The minimum atomic E-state index is -0.991. The van der Waals surface area contributed by atoms with Crippen molar-refractivity contribution in [2.24, 2.45) is 0 Å². The number of hydrogen-bond acceptors (Lipinski definition) is 4. The molecule has 2 aromatic carbocycles. The molecule has 0 amide bonds. The molecular weight excluding hydrogens is 330 g/mol.